The Hall–Kier alpha value is -2.60. The molecule has 2 saturated heterocycles. The quantitative estimate of drug-likeness (QED) is 0.765. The number of carbonyl (C=O) groups excluding carboxylic acids is 2. The van der Waals surface area contributed by atoms with Crippen molar-refractivity contribution in [1.82, 2.24) is 14.8 Å². The number of fused-ring (bicyclic) bond motifs is 1. The Balaban J connectivity index is 1.32. The van der Waals surface area contributed by atoms with Crippen molar-refractivity contribution >= 4 is 22.7 Å². The number of ether oxygens (including phenoxy) is 1. The van der Waals surface area contributed by atoms with Crippen LogP contribution in [0.25, 0.3) is 10.9 Å². The predicted molar refractivity (Wildman–Crippen MR) is 113 cm³/mol. The monoisotopic (exact) mass is 395 g/mol. The number of amides is 2. The molecule has 0 saturated carbocycles. The number of hydrogen-bond acceptors (Lipinski definition) is 3. The van der Waals surface area contributed by atoms with E-state index in [0.29, 0.717) is 25.1 Å². The van der Waals surface area contributed by atoms with E-state index in [1.54, 1.807) is 6.08 Å². The Morgan fingerprint density at radius 2 is 2.21 bits per heavy atom. The molecular formula is C23H29N3O3. The first-order valence-electron chi connectivity index (χ1n) is 10.3. The summed E-state index contributed by atoms with van der Waals surface area (Å²) >= 11 is 0. The summed E-state index contributed by atoms with van der Waals surface area (Å²) in [5.74, 6) is 0.133. The average Bonchev–Trinajstić information content (AvgIpc) is 3.43. The van der Waals surface area contributed by atoms with Crippen LogP contribution in [0, 0.1) is 5.41 Å². The first-order chi connectivity index (χ1) is 14.0. The Labute approximate surface area is 171 Å². The molecule has 0 radical (unpaired) electrons. The van der Waals surface area contributed by atoms with Crippen LogP contribution >= 0.6 is 0 Å². The van der Waals surface area contributed by atoms with Crippen molar-refractivity contribution in [3.8, 4) is 0 Å². The van der Waals surface area contributed by atoms with E-state index in [2.05, 4.69) is 11.9 Å². The van der Waals surface area contributed by atoms with Crippen LogP contribution in [-0.4, -0.2) is 53.6 Å². The zero-order valence-corrected chi connectivity index (χ0v) is 17.0. The van der Waals surface area contributed by atoms with E-state index < -0.39 is 0 Å². The molecule has 29 heavy (non-hydrogen) atoms. The molecule has 0 bridgehead atoms. The summed E-state index contributed by atoms with van der Waals surface area (Å²) in [6.45, 7) is 6.40. The van der Waals surface area contributed by atoms with Crippen LogP contribution < -0.4 is 5.32 Å². The second kappa shape index (κ2) is 8.03. The molecule has 6 nitrogen and oxygen atoms in total. The number of nitrogens with zero attached hydrogens (tertiary/aromatic N) is 2. The van der Waals surface area contributed by atoms with Gasteiger partial charge in [0.25, 0.3) is 5.91 Å². The second-order valence-corrected chi connectivity index (χ2v) is 8.41. The van der Waals surface area contributed by atoms with E-state index in [4.69, 9.17) is 4.74 Å². The molecule has 2 atom stereocenters. The Kier molecular flexibility index (Phi) is 5.46. The van der Waals surface area contributed by atoms with E-state index in [1.807, 2.05) is 47.0 Å². The Morgan fingerprint density at radius 1 is 1.38 bits per heavy atom. The number of benzene rings is 1. The van der Waals surface area contributed by atoms with Gasteiger partial charge in [0.05, 0.1) is 18.3 Å². The highest BCUT2D eigenvalue weighted by molar-refractivity contribution is 6.06. The first-order valence-corrected chi connectivity index (χ1v) is 10.3. The molecule has 2 aliphatic heterocycles. The average molecular weight is 396 g/mol. The summed E-state index contributed by atoms with van der Waals surface area (Å²) < 4.78 is 7.98. The van der Waals surface area contributed by atoms with Gasteiger partial charge in [-0.15, -0.1) is 6.58 Å². The number of para-hydroxylation sites is 1. The summed E-state index contributed by atoms with van der Waals surface area (Å²) in [4.78, 5) is 27.0. The van der Waals surface area contributed by atoms with Gasteiger partial charge in [0.1, 0.15) is 0 Å². The maximum Gasteiger partial charge on any atom is 0.253 e. The lowest BCUT2D eigenvalue weighted by Gasteiger charge is -2.22. The fourth-order valence-electron chi connectivity index (χ4n) is 4.67. The molecule has 2 aromatic rings. The number of carbonyl (C=O) groups is 2. The number of allylic oxidation sites excluding steroid dienone is 1. The molecule has 3 heterocycles. The molecule has 2 amide bonds. The number of nitrogens with one attached hydrogen (secondary N) is 1. The smallest absolute Gasteiger partial charge is 0.253 e. The maximum absolute atomic E-state index is 12.7. The molecule has 154 valence electrons. The topological polar surface area (TPSA) is 63.6 Å². The van der Waals surface area contributed by atoms with Gasteiger partial charge in [-0.2, -0.15) is 0 Å². The van der Waals surface area contributed by atoms with Gasteiger partial charge in [-0.1, -0.05) is 24.3 Å². The number of aryl methyl sites for hydroxylation is 1. The lowest BCUT2D eigenvalue weighted by Crippen LogP contribution is -2.34. The molecule has 1 aromatic carbocycles. The molecule has 4 rings (SSSR count). The van der Waals surface area contributed by atoms with Gasteiger partial charge in [0.2, 0.25) is 5.91 Å². The zero-order valence-electron chi connectivity index (χ0n) is 17.0. The highest BCUT2D eigenvalue weighted by Crippen LogP contribution is 2.41. The molecule has 6 heteroatoms. The van der Waals surface area contributed by atoms with Crippen LogP contribution in [0.4, 0.5) is 0 Å². The van der Waals surface area contributed by atoms with Crippen LogP contribution in [0.5, 0.6) is 0 Å². The highest BCUT2D eigenvalue weighted by Gasteiger charge is 2.46. The zero-order chi connectivity index (χ0) is 20.4. The minimum absolute atomic E-state index is 0.00264. The van der Waals surface area contributed by atoms with Crippen LogP contribution in [0.1, 0.15) is 36.0 Å². The van der Waals surface area contributed by atoms with Crippen LogP contribution in [0.3, 0.4) is 0 Å². The van der Waals surface area contributed by atoms with Crippen LogP contribution in [-0.2, 0) is 16.6 Å². The summed E-state index contributed by atoms with van der Waals surface area (Å²) in [5.41, 5.74) is 1.77. The second-order valence-electron chi connectivity index (χ2n) is 8.41. The summed E-state index contributed by atoms with van der Waals surface area (Å²) in [7, 11) is 1.95. The fraction of sp³-hybridized carbons (Fsp3) is 0.478. The third-order valence-corrected chi connectivity index (χ3v) is 6.27. The first kappa shape index (κ1) is 19.7. The van der Waals surface area contributed by atoms with E-state index in [1.165, 1.54) is 0 Å². The minimum atomic E-state index is -0.0704. The van der Waals surface area contributed by atoms with Crippen LogP contribution in [0.15, 0.2) is 43.1 Å². The van der Waals surface area contributed by atoms with Crippen molar-refractivity contribution < 1.29 is 14.3 Å². The van der Waals surface area contributed by atoms with Crippen molar-refractivity contribution in [3.63, 3.8) is 0 Å². The van der Waals surface area contributed by atoms with Crippen molar-refractivity contribution in [3.05, 3.63) is 48.7 Å². The maximum atomic E-state index is 12.7. The standard InChI is InChI=1S/C23H29N3O3/c1-3-4-9-21(27)26-11-10-23(15-26)12-17(29-16-23)13-24-22(28)19-14-25(2)20-8-6-5-7-18(19)20/h3,5-8,14,17H,1,4,9-13,15-16H2,2H3,(H,24,28). The van der Waals surface area contributed by atoms with Gasteiger partial charge in [0.15, 0.2) is 0 Å². The fourth-order valence-corrected chi connectivity index (χ4v) is 4.67. The molecule has 1 N–H and O–H groups in total. The van der Waals surface area contributed by atoms with Gasteiger partial charge < -0.3 is 19.5 Å². The predicted octanol–water partition coefficient (Wildman–Crippen LogP) is 2.88. The summed E-state index contributed by atoms with van der Waals surface area (Å²) in [6, 6.07) is 7.91. The molecule has 0 aliphatic carbocycles. The van der Waals surface area contributed by atoms with E-state index >= 15 is 0 Å². The largest absolute Gasteiger partial charge is 0.376 e. The summed E-state index contributed by atoms with van der Waals surface area (Å²) in [5, 5.41) is 4.00. The molecule has 1 spiro atoms. The van der Waals surface area contributed by atoms with Crippen molar-refractivity contribution in [1.29, 1.82) is 0 Å². The van der Waals surface area contributed by atoms with Crippen molar-refractivity contribution in [2.75, 3.05) is 26.2 Å². The normalized spacial score (nSPS) is 23.8. The SMILES string of the molecule is C=CCCC(=O)N1CCC2(COC(CNC(=O)c3cn(C)c4ccccc34)C2)C1. The third kappa shape index (κ3) is 3.94. The minimum Gasteiger partial charge on any atom is -0.376 e. The van der Waals surface area contributed by atoms with Gasteiger partial charge in [0, 0.05) is 55.6 Å². The third-order valence-electron chi connectivity index (χ3n) is 6.27. The molecular weight excluding hydrogens is 366 g/mol. The molecule has 2 aliphatic rings. The lowest BCUT2D eigenvalue weighted by atomic mass is 9.84. The van der Waals surface area contributed by atoms with Crippen molar-refractivity contribution in [2.45, 2.75) is 31.8 Å². The number of aromatic nitrogens is 1. The van der Waals surface area contributed by atoms with Crippen molar-refractivity contribution in [2.24, 2.45) is 12.5 Å². The number of hydrogen-bond donors (Lipinski definition) is 1. The molecule has 2 fully saturated rings. The van der Waals surface area contributed by atoms with Gasteiger partial charge in [-0.05, 0) is 25.3 Å². The van der Waals surface area contributed by atoms with Gasteiger partial charge in [-0.25, -0.2) is 0 Å². The Bertz CT molecular complexity index is 935. The van der Waals surface area contributed by atoms with Gasteiger partial charge in [-0.3, -0.25) is 9.59 Å². The number of likely N-dealkylation sites (tertiary alicyclic amines) is 1. The van der Waals surface area contributed by atoms with Crippen LogP contribution in [0.2, 0.25) is 0 Å². The summed E-state index contributed by atoms with van der Waals surface area (Å²) in [6.07, 6.45) is 6.77. The van der Waals surface area contributed by atoms with E-state index in [-0.39, 0.29) is 23.3 Å². The van der Waals surface area contributed by atoms with E-state index in [9.17, 15) is 9.59 Å². The highest BCUT2D eigenvalue weighted by atomic mass is 16.5. The van der Waals surface area contributed by atoms with E-state index in [0.717, 1.165) is 43.3 Å². The number of rotatable bonds is 6. The molecule has 2 unspecified atom stereocenters. The van der Waals surface area contributed by atoms with Gasteiger partial charge >= 0.3 is 0 Å². The lowest BCUT2D eigenvalue weighted by molar-refractivity contribution is -0.130. The molecule has 1 aromatic heterocycles. The Morgan fingerprint density at radius 3 is 3.03 bits per heavy atom.